The van der Waals surface area contributed by atoms with Crippen LogP contribution < -0.4 is 10.6 Å². The normalized spacial score (nSPS) is 13.9. The van der Waals surface area contributed by atoms with Gasteiger partial charge in [-0.2, -0.15) is 0 Å². The van der Waals surface area contributed by atoms with Gasteiger partial charge in [0.1, 0.15) is 5.69 Å². The van der Waals surface area contributed by atoms with Gasteiger partial charge in [-0.05, 0) is 62.4 Å². The van der Waals surface area contributed by atoms with Gasteiger partial charge in [-0.3, -0.25) is 4.79 Å². The molecule has 6 heteroatoms. The molecule has 0 saturated heterocycles. The Hall–Kier alpha value is -2.40. The average molecular weight is 357 g/mol. The maximum atomic E-state index is 12.3. The molecule has 5 nitrogen and oxygen atoms in total. The van der Waals surface area contributed by atoms with Crippen LogP contribution in [0.4, 0.5) is 11.6 Å². The largest absolute Gasteiger partial charge is 0.354 e. The van der Waals surface area contributed by atoms with Crippen LogP contribution in [-0.4, -0.2) is 22.4 Å². The Balaban J connectivity index is 1.55. The summed E-state index contributed by atoms with van der Waals surface area (Å²) in [4.78, 5) is 20.8. The van der Waals surface area contributed by atoms with Crippen LogP contribution in [0.2, 0.25) is 5.02 Å². The molecule has 25 heavy (non-hydrogen) atoms. The summed E-state index contributed by atoms with van der Waals surface area (Å²) in [6, 6.07) is 8.55. The van der Waals surface area contributed by atoms with E-state index < -0.39 is 0 Å². The second-order valence-corrected chi connectivity index (χ2v) is 6.45. The molecular formula is C19H21ClN4O. The van der Waals surface area contributed by atoms with Gasteiger partial charge >= 0.3 is 0 Å². The molecule has 1 amide bonds. The quantitative estimate of drug-likeness (QED) is 0.737. The summed E-state index contributed by atoms with van der Waals surface area (Å²) < 4.78 is 0. The molecule has 0 aliphatic heterocycles. The third kappa shape index (κ3) is 5.29. The van der Waals surface area contributed by atoms with Crippen molar-refractivity contribution in [3.63, 3.8) is 0 Å². The number of halogens is 1. The van der Waals surface area contributed by atoms with Crippen molar-refractivity contribution in [3.05, 3.63) is 58.9 Å². The second-order valence-electron chi connectivity index (χ2n) is 6.01. The van der Waals surface area contributed by atoms with E-state index in [9.17, 15) is 4.79 Å². The van der Waals surface area contributed by atoms with Gasteiger partial charge in [0.2, 0.25) is 5.95 Å². The van der Waals surface area contributed by atoms with E-state index in [4.69, 9.17) is 11.6 Å². The van der Waals surface area contributed by atoms with Gasteiger partial charge in [0, 0.05) is 23.5 Å². The molecule has 1 aromatic heterocycles. The molecule has 0 saturated carbocycles. The Kier molecular flexibility index (Phi) is 6.01. The van der Waals surface area contributed by atoms with E-state index in [0.29, 0.717) is 22.4 Å². The van der Waals surface area contributed by atoms with Crippen molar-refractivity contribution < 1.29 is 4.79 Å². The number of carbonyl (C=O) groups is 1. The minimum absolute atomic E-state index is 0.275. The molecule has 2 aromatic rings. The van der Waals surface area contributed by atoms with Crippen molar-refractivity contribution in [1.29, 1.82) is 0 Å². The van der Waals surface area contributed by atoms with Crippen LogP contribution >= 0.6 is 11.6 Å². The number of amides is 1. The van der Waals surface area contributed by atoms with Crippen molar-refractivity contribution in [1.82, 2.24) is 9.97 Å². The summed E-state index contributed by atoms with van der Waals surface area (Å²) >= 11 is 5.85. The van der Waals surface area contributed by atoms with E-state index in [1.165, 1.54) is 31.3 Å². The second kappa shape index (κ2) is 8.62. The highest BCUT2D eigenvalue weighted by Gasteiger charge is 2.10. The summed E-state index contributed by atoms with van der Waals surface area (Å²) in [7, 11) is 0. The number of rotatable bonds is 6. The lowest BCUT2D eigenvalue weighted by atomic mass is 9.97. The SMILES string of the molecule is O=C(Nc1ccc(Cl)cc1)c1ccnc(NCCC2=CCCCC2)n1. The maximum absolute atomic E-state index is 12.3. The standard InChI is InChI=1S/C19H21ClN4O/c20-15-6-8-16(9-7-15)23-18(25)17-11-13-22-19(24-17)21-12-10-14-4-2-1-3-5-14/h4,6-9,11,13H,1-3,5,10,12H2,(H,23,25)(H,21,22,24). The van der Waals surface area contributed by atoms with Crippen molar-refractivity contribution in [2.45, 2.75) is 32.1 Å². The molecule has 0 fully saturated rings. The highest BCUT2D eigenvalue weighted by atomic mass is 35.5. The molecule has 0 radical (unpaired) electrons. The molecule has 1 aromatic carbocycles. The first kappa shape index (κ1) is 17.4. The smallest absolute Gasteiger partial charge is 0.274 e. The predicted molar refractivity (Wildman–Crippen MR) is 101 cm³/mol. The van der Waals surface area contributed by atoms with Gasteiger partial charge in [-0.15, -0.1) is 0 Å². The maximum Gasteiger partial charge on any atom is 0.274 e. The fraction of sp³-hybridized carbons (Fsp3) is 0.316. The number of nitrogens with zero attached hydrogens (tertiary/aromatic N) is 2. The number of carbonyl (C=O) groups excluding carboxylic acids is 1. The van der Waals surface area contributed by atoms with Gasteiger partial charge < -0.3 is 10.6 Å². The monoisotopic (exact) mass is 356 g/mol. The summed E-state index contributed by atoms with van der Waals surface area (Å²) in [6.45, 7) is 0.772. The summed E-state index contributed by atoms with van der Waals surface area (Å²) in [5, 5.41) is 6.62. The summed E-state index contributed by atoms with van der Waals surface area (Å²) in [5.74, 6) is 0.197. The van der Waals surface area contributed by atoms with Crippen molar-refractivity contribution >= 4 is 29.1 Å². The van der Waals surface area contributed by atoms with Crippen LogP contribution in [0.3, 0.4) is 0 Å². The molecule has 1 heterocycles. The number of anilines is 2. The van der Waals surface area contributed by atoms with Gasteiger partial charge in [-0.25, -0.2) is 9.97 Å². The Morgan fingerprint density at radius 2 is 2.00 bits per heavy atom. The molecule has 1 aliphatic carbocycles. The Morgan fingerprint density at radius 3 is 2.76 bits per heavy atom. The first-order chi connectivity index (χ1) is 12.2. The van der Waals surface area contributed by atoms with Gasteiger partial charge in [0.25, 0.3) is 5.91 Å². The van der Waals surface area contributed by atoms with E-state index in [0.717, 1.165) is 13.0 Å². The van der Waals surface area contributed by atoms with Gasteiger partial charge in [0.05, 0.1) is 0 Å². The Bertz CT molecular complexity index is 758. The molecule has 0 spiro atoms. The van der Waals surface area contributed by atoms with Gasteiger partial charge in [0.15, 0.2) is 0 Å². The lowest BCUT2D eigenvalue weighted by Gasteiger charge is -2.13. The molecule has 0 bridgehead atoms. The van der Waals surface area contributed by atoms with Crippen molar-refractivity contribution in [2.75, 3.05) is 17.2 Å². The van der Waals surface area contributed by atoms with Crippen LogP contribution in [-0.2, 0) is 0 Å². The average Bonchev–Trinajstić information content (AvgIpc) is 2.65. The number of hydrogen-bond acceptors (Lipinski definition) is 4. The van der Waals surface area contributed by atoms with E-state index >= 15 is 0 Å². The Morgan fingerprint density at radius 1 is 1.16 bits per heavy atom. The molecule has 3 rings (SSSR count). The first-order valence-corrected chi connectivity index (χ1v) is 8.90. The molecule has 0 atom stereocenters. The van der Waals surface area contributed by atoms with Crippen LogP contribution in [0.25, 0.3) is 0 Å². The first-order valence-electron chi connectivity index (χ1n) is 8.52. The fourth-order valence-electron chi connectivity index (χ4n) is 2.77. The molecule has 0 unspecified atom stereocenters. The minimum Gasteiger partial charge on any atom is -0.354 e. The van der Waals surface area contributed by atoms with E-state index in [2.05, 4.69) is 26.7 Å². The van der Waals surface area contributed by atoms with Crippen LogP contribution in [0, 0.1) is 0 Å². The van der Waals surface area contributed by atoms with Crippen molar-refractivity contribution in [2.24, 2.45) is 0 Å². The van der Waals surface area contributed by atoms with Crippen LogP contribution in [0.15, 0.2) is 48.2 Å². The number of allylic oxidation sites excluding steroid dienone is 1. The molecule has 130 valence electrons. The van der Waals surface area contributed by atoms with E-state index in [-0.39, 0.29) is 5.91 Å². The highest BCUT2D eigenvalue weighted by Crippen LogP contribution is 2.20. The highest BCUT2D eigenvalue weighted by molar-refractivity contribution is 6.30. The number of benzene rings is 1. The summed E-state index contributed by atoms with van der Waals surface area (Å²) in [6.07, 6.45) is 9.87. The van der Waals surface area contributed by atoms with Gasteiger partial charge in [-0.1, -0.05) is 23.3 Å². The number of hydrogen-bond donors (Lipinski definition) is 2. The third-order valence-corrected chi connectivity index (χ3v) is 4.36. The lowest BCUT2D eigenvalue weighted by molar-refractivity contribution is 0.102. The third-order valence-electron chi connectivity index (χ3n) is 4.10. The molecule has 1 aliphatic rings. The summed E-state index contributed by atoms with van der Waals surface area (Å²) in [5.41, 5.74) is 2.49. The number of nitrogens with one attached hydrogen (secondary N) is 2. The zero-order valence-electron chi connectivity index (χ0n) is 14.0. The van der Waals surface area contributed by atoms with Crippen LogP contribution in [0.5, 0.6) is 0 Å². The zero-order valence-corrected chi connectivity index (χ0v) is 14.7. The minimum atomic E-state index is -0.275. The van der Waals surface area contributed by atoms with Crippen LogP contribution in [0.1, 0.15) is 42.6 Å². The van der Waals surface area contributed by atoms with E-state index in [1.54, 1.807) is 36.5 Å². The predicted octanol–water partition coefficient (Wildman–Crippen LogP) is 4.68. The zero-order chi connectivity index (χ0) is 17.5. The topological polar surface area (TPSA) is 66.9 Å². The Labute approximate surface area is 152 Å². The lowest BCUT2D eigenvalue weighted by Crippen LogP contribution is -2.15. The van der Waals surface area contributed by atoms with Crippen molar-refractivity contribution in [3.8, 4) is 0 Å². The molecular weight excluding hydrogens is 336 g/mol. The number of aromatic nitrogens is 2. The molecule has 2 N–H and O–H groups in total. The fourth-order valence-corrected chi connectivity index (χ4v) is 2.89. The van der Waals surface area contributed by atoms with E-state index in [1.807, 2.05) is 0 Å².